The third-order valence-electron chi connectivity index (χ3n) is 5.53. The van der Waals surface area contributed by atoms with Gasteiger partial charge in [-0.3, -0.25) is 9.89 Å². The number of aryl methyl sites for hydroxylation is 1. The van der Waals surface area contributed by atoms with Gasteiger partial charge in [0.05, 0.1) is 13.2 Å². The molecule has 1 aromatic rings. The van der Waals surface area contributed by atoms with Crippen LogP contribution in [0, 0.1) is 5.92 Å². The minimum absolute atomic E-state index is 0. The molecule has 0 radical (unpaired) electrons. The number of nitrogens with one attached hydrogen (secondary N) is 2. The van der Waals surface area contributed by atoms with Gasteiger partial charge in [-0.05, 0) is 12.3 Å². The van der Waals surface area contributed by atoms with Gasteiger partial charge >= 0.3 is 0 Å². The Labute approximate surface area is 199 Å². The van der Waals surface area contributed by atoms with Crippen molar-refractivity contribution in [2.45, 2.75) is 59.4 Å². The van der Waals surface area contributed by atoms with Gasteiger partial charge in [0.1, 0.15) is 12.2 Å². The van der Waals surface area contributed by atoms with E-state index in [9.17, 15) is 0 Å². The smallest absolute Gasteiger partial charge is 0.191 e. The van der Waals surface area contributed by atoms with Crippen LogP contribution in [0.1, 0.15) is 52.3 Å². The molecule has 8 nitrogen and oxygen atoms in total. The van der Waals surface area contributed by atoms with Gasteiger partial charge in [-0.1, -0.05) is 40.0 Å². The maximum atomic E-state index is 5.43. The lowest BCUT2D eigenvalue weighted by atomic mass is 10.00. The fraction of sp³-hybridized carbons (Fsp3) is 0.857. The number of aliphatic imine (C=N–C) groups is 1. The normalized spacial score (nSPS) is 16.2. The lowest BCUT2D eigenvalue weighted by Gasteiger charge is -2.26. The zero-order chi connectivity index (χ0) is 20.7. The van der Waals surface area contributed by atoms with Crippen LogP contribution in [0.3, 0.4) is 0 Å². The van der Waals surface area contributed by atoms with Crippen LogP contribution in [0.4, 0.5) is 0 Å². The maximum absolute atomic E-state index is 5.43. The molecular weight excluding hydrogens is 493 g/mol. The summed E-state index contributed by atoms with van der Waals surface area (Å²) < 4.78 is 7.54. The summed E-state index contributed by atoms with van der Waals surface area (Å²) in [5.74, 6) is 2.60. The van der Waals surface area contributed by atoms with Gasteiger partial charge in [0.15, 0.2) is 5.96 Å². The second-order valence-corrected chi connectivity index (χ2v) is 7.71. The molecule has 9 heteroatoms. The van der Waals surface area contributed by atoms with Crippen molar-refractivity contribution in [3.63, 3.8) is 0 Å². The van der Waals surface area contributed by atoms with Crippen molar-refractivity contribution in [3.05, 3.63) is 12.2 Å². The molecule has 0 bridgehead atoms. The monoisotopic (exact) mass is 535 g/mol. The van der Waals surface area contributed by atoms with E-state index in [1.54, 1.807) is 6.33 Å². The highest BCUT2D eigenvalue weighted by atomic mass is 127. The molecule has 0 amide bonds. The number of halogens is 1. The van der Waals surface area contributed by atoms with E-state index in [4.69, 9.17) is 9.73 Å². The number of nitrogens with zero attached hydrogens (tertiary/aromatic N) is 5. The van der Waals surface area contributed by atoms with Gasteiger partial charge in [-0.25, -0.2) is 0 Å². The molecule has 2 N–H and O–H groups in total. The molecule has 0 saturated carbocycles. The number of ether oxygens (including phenoxy) is 1. The second-order valence-electron chi connectivity index (χ2n) is 7.71. The van der Waals surface area contributed by atoms with E-state index in [1.165, 1.54) is 25.7 Å². The van der Waals surface area contributed by atoms with Crippen LogP contribution in [0.2, 0.25) is 0 Å². The van der Waals surface area contributed by atoms with Crippen molar-refractivity contribution in [3.8, 4) is 0 Å². The van der Waals surface area contributed by atoms with Crippen LogP contribution in [-0.2, 0) is 17.7 Å². The molecular formula is C21H42IN7O. The molecule has 0 aromatic carbocycles. The third kappa shape index (κ3) is 10.4. The number of morpholine rings is 1. The number of guanidine groups is 1. The molecule has 1 fully saturated rings. The van der Waals surface area contributed by atoms with Crippen molar-refractivity contribution in [1.29, 1.82) is 0 Å². The summed E-state index contributed by atoms with van der Waals surface area (Å²) in [5.41, 5.74) is 0. The van der Waals surface area contributed by atoms with E-state index >= 15 is 0 Å². The van der Waals surface area contributed by atoms with E-state index in [1.807, 2.05) is 0 Å². The largest absolute Gasteiger partial charge is 0.379 e. The van der Waals surface area contributed by atoms with Gasteiger partial charge < -0.3 is 19.9 Å². The highest BCUT2D eigenvalue weighted by Crippen LogP contribution is 2.12. The van der Waals surface area contributed by atoms with Crippen LogP contribution in [0.5, 0.6) is 0 Å². The summed E-state index contributed by atoms with van der Waals surface area (Å²) in [6, 6.07) is 0. The number of rotatable bonds is 13. The highest BCUT2D eigenvalue weighted by Gasteiger charge is 2.11. The number of unbranched alkanes of at least 4 members (excludes halogenated alkanes) is 1. The predicted octanol–water partition coefficient (Wildman–Crippen LogP) is 2.54. The van der Waals surface area contributed by atoms with E-state index in [0.717, 1.165) is 77.2 Å². The van der Waals surface area contributed by atoms with Gasteiger partial charge in [0, 0.05) is 52.2 Å². The third-order valence-corrected chi connectivity index (χ3v) is 5.53. The maximum Gasteiger partial charge on any atom is 0.191 e. The van der Waals surface area contributed by atoms with Crippen molar-refractivity contribution in [1.82, 2.24) is 30.3 Å². The van der Waals surface area contributed by atoms with Gasteiger partial charge in [-0.2, -0.15) is 0 Å². The molecule has 1 atom stereocenters. The molecule has 174 valence electrons. The molecule has 0 aliphatic carbocycles. The quantitative estimate of drug-likeness (QED) is 0.230. The fourth-order valence-corrected chi connectivity index (χ4v) is 3.50. The van der Waals surface area contributed by atoms with Crippen molar-refractivity contribution < 1.29 is 4.74 Å². The second kappa shape index (κ2) is 16.7. The molecule has 2 rings (SSSR count). The summed E-state index contributed by atoms with van der Waals surface area (Å²) in [6.45, 7) is 14.8. The van der Waals surface area contributed by atoms with Gasteiger partial charge in [-0.15, -0.1) is 34.2 Å². The first-order valence-electron chi connectivity index (χ1n) is 11.5. The van der Waals surface area contributed by atoms with Crippen LogP contribution in [0.15, 0.2) is 11.3 Å². The van der Waals surface area contributed by atoms with E-state index in [-0.39, 0.29) is 24.0 Å². The highest BCUT2D eigenvalue weighted by molar-refractivity contribution is 14.0. The average molecular weight is 536 g/mol. The SMILES string of the molecule is CCCCC(CC)CN=C(NCCN1CCOCC1)NCCn1cnnc1CC.I. The summed E-state index contributed by atoms with van der Waals surface area (Å²) in [6.07, 6.45) is 7.69. The minimum atomic E-state index is 0. The fourth-order valence-electron chi connectivity index (χ4n) is 3.50. The topological polar surface area (TPSA) is 79.6 Å². The van der Waals surface area contributed by atoms with Crippen molar-refractivity contribution in [2.24, 2.45) is 10.9 Å². The molecule has 1 aromatic heterocycles. The lowest BCUT2D eigenvalue weighted by Crippen LogP contribution is -2.45. The summed E-state index contributed by atoms with van der Waals surface area (Å²) in [7, 11) is 0. The van der Waals surface area contributed by atoms with Crippen molar-refractivity contribution >= 4 is 29.9 Å². The Bertz CT molecular complexity index is 575. The molecule has 1 unspecified atom stereocenters. The molecule has 1 aliphatic rings. The standard InChI is InChI=1S/C21H41N7O.HI/c1-4-7-8-19(5-2)17-24-21(22-9-11-27-13-15-29-16-14-27)23-10-12-28-18-25-26-20(28)6-3;/h18-19H,4-17H2,1-3H3,(H2,22,23,24);1H. The zero-order valence-electron chi connectivity index (χ0n) is 19.1. The Balaban J connectivity index is 0.00000450. The Morgan fingerprint density at radius 1 is 1.17 bits per heavy atom. The minimum Gasteiger partial charge on any atom is -0.379 e. The zero-order valence-corrected chi connectivity index (χ0v) is 21.4. The molecule has 1 saturated heterocycles. The van der Waals surface area contributed by atoms with Crippen LogP contribution >= 0.6 is 24.0 Å². The first-order valence-corrected chi connectivity index (χ1v) is 11.5. The Morgan fingerprint density at radius 2 is 1.90 bits per heavy atom. The molecule has 0 spiro atoms. The Morgan fingerprint density at radius 3 is 2.57 bits per heavy atom. The average Bonchev–Trinajstić information content (AvgIpc) is 3.21. The molecule has 1 aliphatic heterocycles. The van der Waals surface area contributed by atoms with Crippen LogP contribution < -0.4 is 10.6 Å². The molecule has 2 heterocycles. The first-order chi connectivity index (χ1) is 14.3. The summed E-state index contributed by atoms with van der Waals surface area (Å²) in [5, 5.41) is 15.2. The number of hydrogen-bond acceptors (Lipinski definition) is 5. The number of aromatic nitrogens is 3. The van der Waals surface area contributed by atoms with Crippen LogP contribution in [-0.4, -0.2) is 78.1 Å². The number of hydrogen-bond donors (Lipinski definition) is 2. The summed E-state index contributed by atoms with van der Waals surface area (Å²) in [4.78, 5) is 7.34. The molecule has 30 heavy (non-hydrogen) atoms. The lowest BCUT2D eigenvalue weighted by molar-refractivity contribution is 0.0389. The van der Waals surface area contributed by atoms with E-state index in [0.29, 0.717) is 5.92 Å². The van der Waals surface area contributed by atoms with Crippen LogP contribution in [0.25, 0.3) is 0 Å². The van der Waals surface area contributed by atoms with Gasteiger partial charge in [0.2, 0.25) is 0 Å². The van der Waals surface area contributed by atoms with E-state index in [2.05, 4.69) is 51.1 Å². The Kier molecular flexibility index (Phi) is 15.1. The Hall–Kier alpha value is -0.940. The van der Waals surface area contributed by atoms with Crippen molar-refractivity contribution in [2.75, 3.05) is 52.5 Å². The summed E-state index contributed by atoms with van der Waals surface area (Å²) >= 11 is 0. The predicted molar refractivity (Wildman–Crippen MR) is 134 cm³/mol. The van der Waals surface area contributed by atoms with Gasteiger partial charge in [0.25, 0.3) is 0 Å². The first kappa shape index (κ1) is 27.1. The van der Waals surface area contributed by atoms with E-state index < -0.39 is 0 Å².